The number of oxime groups is 1. The van der Waals surface area contributed by atoms with Crippen LogP contribution in [0.4, 0.5) is 0 Å². The van der Waals surface area contributed by atoms with Gasteiger partial charge in [0.1, 0.15) is 0 Å². The summed E-state index contributed by atoms with van der Waals surface area (Å²) in [5, 5.41) is 16.0. The van der Waals surface area contributed by atoms with Gasteiger partial charge >= 0.3 is 0 Å². The second-order valence-electron chi connectivity index (χ2n) is 3.62. The van der Waals surface area contributed by atoms with E-state index >= 15 is 0 Å². The summed E-state index contributed by atoms with van der Waals surface area (Å²) in [4.78, 5) is 0. The van der Waals surface area contributed by atoms with E-state index in [-0.39, 0.29) is 5.41 Å². The molecule has 0 saturated heterocycles. The Labute approximate surface area is 71.5 Å². The molecule has 4 nitrogen and oxygen atoms in total. The van der Waals surface area contributed by atoms with Crippen LogP contribution in [-0.2, 0) is 0 Å². The zero-order chi connectivity index (χ0) is 9.19. The van der Waals surface area contributed by atoms with Crippen LogP contribution < -0.4 is 0 Å². The van der Waals surface area contributed by atoms with Crippen molar-refractivity contribution in [1.82, 2.24) is 9.78 Å². The van der Waals surface area contributed by atoms with E-state index in [9.17, 15) is 0 Å². The molecule has 1 aromatic rings. The van der Waals surface area contributed by atoms with Gasteiger partial charge in [0, 0.05) is 17.8 Å². The lowest BCUT2D eigenvalue weighted by Crippen LogP contribution is -2.28. The van der Waals surface area contributed by atoms with Crippen molar-refractivity contribution < 1.29 is 5.21 Å². The summed E-state index contributed by atoms with van der Waals surface area (Å²) in [7, 11) is 0. The molecule has 66 valence electrons. The van der Waals surface area contributed by atoms with Crippen LogP contribution in [0.3, 0.4) is 0 Å². The van der Waals surface area contributed by atoms with Crippen molar-refractivity contribution in [2.24, 2.45) is 10.6 Å². The van der Waals surface area contributed by atoms with E-state index in [1.54, 1.807) is 23.1 Å². The molecule has 0 aliphatic rings. The molecule has 0 aliphatic heterocycles. The first-order valence-corrected chi connectivity index (χ1v) is 3.78. The average Bonchev–Trinajstić information content (AvgIpc) is 2.38. The Bertz CT molecular complexity index is 269. The lowest BCUT2D eigenvalue weighted by molar-refractivity contribution is 0.306. The van der Waals surface area contributed by atoms with Gasteiger partial charge < -0.3 is 5.21 Å². The molecular formula is C8H13N3O. The Balaban J connectivity index is 3.01. The molecular weight excluding hydrogens is 154 g/mol. The van der Waals surface area contributed by atoms with E-state index in [1.807, 2.05) is 20.8 Å². The van der Waals surface area contributed by atoms with Gasteiger partial charge in [-0.25, -0.2) is 4.68 Å². The zero-order valence-corrected chi connectivity index (χ0v) is 7.52. The van der Waals surface area contributed by atoms with E-state index in [0.29, 0.717) is 5.84 Å². The van der Waals surface area contributed by atoms with Gasteiger partial charge in [0.15, 0.2) is 5.84 Å². The quantitative estimate of drug-likeness (QED) is 0.276. The molecule has 0 unspecified atom stereocenters. The van der Waals surface area contributed by atoms with Crippen molar-refractivity contribution in [3.05, 3.63) is 18.5 Å². The summed E-state index contributed by atoms with van der Waals surface area (Å²) in [5.41, 5.74) is -0.208. The van der Waals surface area contributed by atoms with E-state index in [1.165, 1.54) is 0 Å². The highest BCUT2D eigenvalue weighted by atomic mass is 16.4. The highest BCUT2D eigenvalue weighted by Crippen LogP contribution is 2.16. The van der Waals surface area contributed by atoms with Gasteiger partial charge in [0.2, 0.25) is 0 Å². The van der Waals surface area contributed by atoms with Crippen LogP contribution in [0.15, 0.2) is 23.6 Å². The van der Waals surface area contributed by atoms with Gasteiger partial charge in [0.05, 0.1) is 0 Å². The van der Waals surface area contributed by atoms with Crippen LogP contribution in [-0.4, -0.2) is 20.8 Å². The maximum absolute atomic E-state index is 8.76. The molecule has 0 aliphatic carbocycles. The Morgan fingerprint density at radius 3 is 2.50 bits per heavy atom. The van der Waals surface area contributed by atoms with Crippen molar-refractivity contribution in [1.29, 1.82) is 0 Å². The third-order valence-electron chi connectivity index (χ3n) is 1.49. The molecule has 1 heterocycles. The van der Waals surface area contributed by atoms with Gasteiger partial charge in [-0.3, -0.25) is 0 Å². The molecule has 0 atom stereocenters. The maximum Gasteiger partial charge on any atom is 0.174 e. The van der Waals surface area contributed by atoms with Crippen molar-refractivity contribution >= 4 is 5.84 Å². The van der Waals surface area contributed by atoms with Crippen LogP contribution in [0, 0.1) is 5.41 Å². The first kappa shape index (κ1) is 8.77. The molecule has 1 rings (SSSR count). The summed E-state index contributed by atoms with van der Waals surface area (Å²) < 4.78 is 1.56. The molecule has 0 aromatic carbocycles. The molecule has 0 spiro atoms. The number of rotatable bonds is 0. The summed E-state index contributed by atoms with van der Waals surface area (Å²) in [6.07, 6.45) is 3.40. The van der Waals surface area contributed by atoms with Crippen molar-refractivity contribution in [3.8, 4) is 0 Å². The minimum absolute atomic E-state index is 0.208. The van der Waals surface area contributed by atoms with Crippen molar-refractivity contribution in [2.75, 3.05) is 0 Å². The number of hydrogen-bond donors (Lipinski definition) is 1. The molecule has 0 amide bonds. The van der Waals surface area contributed by atoms with Gasteiger partial charge in [-0.15, -0.1) is 0 Å². The standard InChI is InChI=1S/C8H13N3O/c1-8(2,3)7(10-12)11-6-4-5-9-11/h4-6,12H,1-3H3/b10-7-. The fraction of sp³-hybridized carbons (Fsp3) is 0.500. The van der Waals surface area contributed by atoms with Gasteiger partial charge in [-0.2, -0.15) is 5.10 Å². The highest BCUT2D eigenvalue weighted by Gasteiger charge is 2.21. The molecule has 1 aromatic heterocycles. The highest BCUT2D eigenvalue weighted by molar-refractivity contribution is 5.87. The minimum atomic E-state index is -0.208. The Hall–Kier alpha value is -1.32. The second kappa shape index (κ2) is 2.97. The Morgan fingerprint density at radius 2 is 2.17 bits per heavy atom. The first-order chi connectivity index (χ1) is 5.55. The average molecular weight is 167 g/mol. The lowest BCUT2D eigenvalue weighted by Gasteiger charge is -2.18. The summed E-state index contributed by atoms with van der Waals surface area (Å²) in [6, 6.07) is 1.79. The van der Waals surface area contributed by atoms with Gasteiger partial charge in [-0.05, 0) is 6.07 Å². The molecule has 4 heteroatoms. The van der Waals surface area contributed by atoms with Crippen molar-refractivity contribution in [3.63, 3.8) is 0 Å². The molecule has 1 N–H and O–H groups in total. The first-order valence-electron chi connectivity index (χ1n) is 3.78. The third kappa shape index (κ3) is 1.64. The van der Waals surface area contributed by atoms with E-state index in [4.69, 9.17) is 5.21 Å². The smallest absolute Gasteiger partial charge is 0.174 e. The molecule has 0 bridgehead atoms. The lowest BCUT2D eigenvalue weighted by atomic mass is 9.95. The molecule has 0 saturated carbocycles. The summed E-state index contributed by atoms with van der Waals surface area (Å²) in [5.74, 6) is 0.535. The number of nitrogens with zero attached hydrogens (tertiary/aromatic N) is 3. The monoisotopic (exact) mass is 167 g/mol. The van der Waals surface area contributed by atoms with Crippen LogP contribution >= 0.6 is 0 Å². The Kier molecular flexibility index (Phi) is 2.17. The fourth-order valence-corrected chi connectivity index (χ4v) is 0.934. The summed E-state index contributed by atoms with van der Waals surface area (Å²) in [6.45, 7) is 5.89. The van der Waals surface area contributed by atoms with Crippen molar-refractivity contribution in [2.45, 2.75) is 20.8 Å². The summed E-state index contributed by atoms with van der Waals surface area (Å²) >= 11 is 0. The Morgan fingerprint density at radius 1 is 1.50 bits per heavy atom. The predicted octanol–water partition coefficient (Wildman–Crippen LogP) is 1.56. The minimum Gasteiger partial charge on any atom is -0.409 e. The van der Waals surface area contributed by atoms with Gasteiger partial charge in [0.25, 0.3) is 0 Å². The topological polar surface area (TPSA) is 50.4 Å². The van der Waals surface area contributed by atoms with E-state index < -0.39 is 0 Å². The van der Waals surface area contributed by atoms with Crippen LogP contribution in [0.2, 0.25) is 0 Å². The van der Waals surface area contributed by atoms with Gasteiger partial charge in [-0.1, -0.05) is 25.9 Å². The predicted molar refractivity (Wildman–Crippen MR) is 46.3 cm³/mol. The zero-order valence-electron chi connectivity index (χ0n) is 7.52. The number of hydrogen-bond acceptors (Lipinski definition) is 3. The normalized spacial score (nSPS) is 13.4. The number of aromatic nitrogens is 2. The van der Waals surface area contributed by atoms with Crippen LogP contribution in [0.25, 0.3) is 0 Å². The maximum atomic E-state index is 8.76. The largest absolute Gasteiger partial charge is 0.409 e. The molecule has 0 fully saturated rings. The van der Waals surface area contributed by atoms with E-state index in [2.05, 4.69) is 10.3 Å². The molecule has 0 radical (unpaired) electrons. The molecule has 12 heavy (non-hydrogen) atoms. The van der Waals surface area contributed by atoms with Crippen LogP contribution in [0.5, 0.6) is 0 Å². The SMILES string of the molecule is CC(C)(C)/C(=N/O)n1cccn1. The van der Waals surface area contributed by atoms with E-state index in [0.717, 1.165) is 0 Å². The fourth-order valence-electron chi connectivity index (χ4n) is 0.934. The van der Waals surface area contributed by atoms with Crippen LogP contribution in [0.1, 0.15) is 20.8 Å². The second-order valence-corrected chi connectivity index (χ2v) is 3.62. The third-order valence-corrected chi connectivity index (χ3v) is 1.49.